The summed E-state index contributed by atoms with van der Waals surface area (Å²) in [5.74, 6) is 0.0242. The minimum atomic E-state index is 0.0242. The standard InChI is InChI=1S/C35H70O2/c1-3-5-7-9-11-13-14-15-16-17-18-19-20-21-22-23-24-25-26-27-29-31-33-35(36)37-34-32-30-28-12-10-8-6-4-2/h3-34H2,1-2H3. The average Bonchev–Trinajstić information content (AvgIpc) is 2.90. The Bertz CT molecular complexity index is 419. The summed E-state index contributed by atoms with van der Waals surface area (Å²) in [7, 11) is 0. The molecule has 0 heterocycles. The van der Waals surface area contributed by atoms with Gasteiger partial charge in [-0.2, -0.15) is 0 Å². The first-order valence-corrected chi connectivity index (χ1v) is 17.5. The molecule has 0 aliphatic carbocycles. The molecule has 0 aromatic carbocycles. The van der Waals surface area contributed by atoms with Gasteiger partial charge in [0.05, 0.1) is 6.61 Å². The minimum Gasteiger partial charge on any atom is -0.466 e. The molecule has 0 bridgehead atoms. The molecule has 0 aromatic heterocycles. The lowest BCUT2D eigenvalue weighted by Crippen LogP contribution is -2.05. The highest BCUT2D eigenvalue weighted by Gasteiger charge is 2.02. The van der Waals surface area contributed by atoms with Gasteiger partial charge in [-0.05, 0) is 12.8 Å². The molecule has 0 saturated heterocycles. The summed E-state index contributed by atoms with van der Waals surface area (Å²) in [6.45, 7) is 5.19. The lowest BCUT2D eigenvalue weighted by molar-refractivity contribution is -0.143. The molecule has 0 saturated carbocycles. The second kappa shape index (κ2) is 33.5. The van der Waals surface area contributed by atoms with E-state index in [1.165, 1.54) is 180 Å². The van der Waals surface area contributed by atoms with Crippen LogP contribution >= 0.6 is 0 Å². The van der Waals surface area contributed by atoms with Crippen molar-refractivity contribution in [3.63, 3.8) is 0 Å². The maximum absolute atomic E-state index is 11.8. The summed E-state index contributed by atoms with van der Waals surface area (Å²) < 4.78 is 5.40. The maximum Gasteiger partial charge on any atom is 0.305 e. The summed E-state index contributed by atoms with van der Waals surface area (Å²) in [4.78, 5) is 11.8. The van der Waals surface area contributed by atoms with Gasteiger partial charge < -0.3 is 4.74 Å². The van der Waals surface area contributed by atoms with E-state index in [-0.39, 0.29) is 5.97 Å². The zero-order valence-corrected chi connectivity index (χ0v) is 25.9. The van der Waals surface area contributed by atoms with E-state index in [0.717, 1.165) is 12.8 Å². The van der Waals surface area contributed by atoms with Gasteiger partial charge >= 0.3 is 5.97 Å². The maximum atomic E-state index is 11.8. The molecule has 2 heteroatoms. The molecular formula is C35H70O2. The van der Waals surface area contributed by atoms with E-state index in [4.69, 9.17) is 4.74 Å². The number of hydrogen-bond acceptors (Lipinski definition) is 2. The monoisotopic (exact) mass is 523 g/mol. The van der Waals surface area contributed by atoms with Crippen molar-refractivity contribution < 1.29 is 9.53 Å². The first kappa shape index (κ1) is 36.5. The molecule has 0 amide bonds. The first-order valence-electron chi connectivity index (χ1n) is 17.5. The molecule has 0 fully saturated rings. The van der Waals surface area contributed by atoms with Crippen LogP contribution in [0.15, 0.2) is 0 Å². The van der Waals surface area contributed by atoms with E-state index >= 15 is 0 Å². The van der Waals surface area contributed by atoms with E-state index in [2.05, 4.69) is 13.8 Å². The third-order valence-corrected chi connectivity index (χ3v) is 8.00. The Morgan fingerprint density at radius 1 is 0.351 bits per heavy atom. The minimum absolute atomic E-state index is 0.0242. The smallest absolute Gasteiger partial charge is 0.305 e. The molecule has 0 spiro atoms. The quantitative estimate of drug-likeness (QED) is 0.0648. The van der Waals surface area contributed by atoms with E-state index in [1.807, 2.05) is 0 Å². The Morgan fingerprint density at radius 3 is 0.892 bits per heavy atom. The summed E-state index contributed by atoms with van der Waals surface area (Å²) >= 11 is 0. The highest BCUT2D eigenvalue weighted by molar-refractivity contribution is 5.69. The van der Waals surface area contributed by atoms with Crippen molar-refractivity contribution in [2.75, 3.05) is 6.61 Å². The van der Waals surface area contributed by atoms with Gasteiger partial charge in [0.15, 0.2) is 0 Å². The van der Waals surface area contributed by atoms with E-state index in [0.29, 0.717) is 13.0 Å². The fourth-order valence-electron chi connectivity index (χ4n) is 5.37. The molecule has 2 nitrogen and oxygen atoms in total. The Kier molecular flexibility index (Phi) is 33.0. The molecule has 0 aliphatic rings. The molecule has 222 valence electrons. The van der Waals surface area contributed by atoms with Gasteiger partial charge in [-0.25, -0.2) is 0 Å². The fourth-order valence-corrected chi connectivity index (χ4v) is 5.37. The summed E-state index contributed by atoms with van der Waals surface area (Å²) in [5, 5.41) is 0. The molecule has 0 N–H and O–H groups in total. The topological polar surface area (TPSA) is 26.3 Å². The summed E-state index contributed by atoms with van der Waals surface area (Å²) in [6, 6.07) is 0. The van der Waals surface area contributed by atoms with Crippen molar-refractivity contribution >= 4 is 5.97 Å². The predicted octanol–water partition coefficient (Wildman–Crippen LogP) is 12.7. The molecule has 0 radical (unpaired) electrons. The van der Waals surface area contributed by atoms with Gasteiger partial charge in [-0.1, -0.05) is 194 Å². The third-order valence-electron chi connectivity index (χ3n) is 8.00. The Hall–Kier alpha value is -0.530. The Balaban J connectivity index is 3.11. The second-order valence-electron chi connectivity index (χ2n) is 11.9. The van der Waals surface area contributed by atoms with Crippen molar-refractivity contribution in [1.82, 2.24) is 0 Å². The van der Waals surface area contributed by atoms with Crippen LogP contribution < -0.4 is 0 Å². The van der Waals surface area contributed by atoms with Crippen LogP contribution in [-0.2, 0) is 9.53 Å². The molecule has 0 aromatic rings. The van der Waals surface area contributed by atoms with Crippen molar-refractivity contribution in [1.29, 1.82) is 0 Å². The third kappa shape index (κ3) is 33.4. The van der Waals surface area contributed by atoms with Gasteiger partial charge in [-0.15, -0.1) is 0 Å². The lowest BCUT2D eigenvalue weighted by Gasteiger charge is -2.06. The van der Waals surface area contributed by atoms with Gasteiger partial charge in [0.1, 0.15) is 0 Å². The molecule has 0 aliphatic heterocycles. The number of hydrogen-bond donors (Lipinski definition) is 0. The fraction of sp³-hybridized carbons (Fsp3) is 0.971. The van der Waals surface area contributed by atoms with Crippen LogP contribution in [0.1, 0.15) is 213 Å². The van der Waals surface area contributed by atoms with Crippen molar-refractivity contribution in [3.8, 4) is 0 Å². The lowest BCUT2D eigenvalue weighted by atomic mass is 10.0. The van der Waals surface area contributed by atoms with Crippen LogP contribution in [0.2, 0.25) is 0 Å². The molecule has 0 unspecified atom stereocenters. The highest BCUT2D eigenvalue weighted by atomic mass is 16.5. The van der Waals surface area contributed by atoms with Crippen LogP contribution in [0.5, 0.6) is 0 Å². The number of rotatable bonds is 32. The molecule has 0 atom stereocenters. The number of unbranched alkanes of at least 4 members (excludes halogenated alkanes) is 28. The van der Waals surface area contributed by atoms with Gasteiger partial charge in [0.2, 0.25) is 0 Å². The van der Waals surface area contributed by atoms with Crippen LogP contribution in [0.25, 0.3) is 0 Å². The number of carbonyl (C=O) groups excluding carboxylic acids is 1. The van der Waals surface area contributed by atoms with E-state index < -0.39 is 0 Å². The van der Waals surface area contributed by atoms with Crippen LogP contribution in [0.3, 0.4) is 0 Å². The number of carbonyl (C=O) groups is 1. The van der Waals surface area contributed by atoms with E-state index in [1.54, 1.807) is 0 Å². The predicted molar refractivity (Wildman–Crippen MR) is 165 cm³/mol. The van der Waals surface area contributed by atoms with Gasteiger partial charge in [-0.3, -0.25) is 4.79 Å². The molecular weight excluding hydrogens is 452 g/mol. The zero-order valence-electron chi connectivity index (χ0n) is 25.9. The van der Waals surface area contributed by atoms with Crippen LogP contribution in [0, 0.1) is 0 Å². The summed E-state index contributed by atoms with van der Waals surface area (Å²) in [5.41, 5.74) is 0. The first-order chi connectivity index (χ1) is 18.3. The Labute approximate surface area is 234 Å². The van der Waals surface area contributed by atoms with E-state index in [9.17, 15) is 4.79 Å². The highest BCUT2D eigenvalue weighted by Crippen LogP contribution is 2.15. The summed E-state index contributed by atoms with van der Waals surface area (Å²) in [6.07, 6.45) is 41.7. The largest absolute Gasteiger partial charge is 0.466 e. The molecule has 37 heavy (non-hydrogen) atoms. The van der Waals surface area contributed by atoms with Gasteiger partial charge in [0.25, 0.3) is 0 Å². The average molecular weight is 523 g/mol. The molecule has 0 rings (SSSR count). The zero-order chi connectivity index (χ0) is 26.9. The van der Waals surface area contributed by atoms with Crippen LogP contribution in [0.4, 0.5) is 0 Å². The van der Waals surface area contributed by atoms with Crippen molar-refractivity contribution in [2.45, 2.75) is 213 Å². The van der Waals surface area contributed by atoms with Gasteiger partial charge in [0, 0.05) is 6.42 Å². The van der Waals surface area contributed by atoms with Crippen LogP contribution in [-0.4, -0.2) is 12.6 Å². The SMILES string of the molecule is CCCCCCCCCCCCCCCCCCCCCCCCC(=O)OCCCCCCCCCC. The normalized spacial score (nSPS) is 11.3. The van der Waals surface area contributed by atoms with Crippen molar-refractivity contribution in [2.24, 2.45) is 0 Å². The second-order valence-corrected chi connectivity index (χ2v) is 11.9. The van der Waals surface area contributed by atoms with Crippen molar-refractivity contribution in [3.05, 3.63) is 0 Å². The number of esters is 1. The Morgan fingerprint density at radius 2 is 0.595 bits per heavy atom. The number of ether oxygens (including phenoxy) is 1.